The number of hydrogen-bond donors (Lipinski definition) is 1. The highest BCUT2D eigenvalue weighted by Gasteiger charge is 2.22. The number of amides is 2. The number of nitrogens with zero attached hydrogens (tertiary/aromatic N) is 1. The minimum Gasteiger partial charge on any atom is -0.356 e. The summed E-state index contributed by atoms with van der Waals surface area (Å²) in [6.45, 7) is 10.2. The first-order valence-electron chi connectivity index (χ1n) is 6.80. The van der Waals surface area contributed by atoms with E-state index in [0.717, 1.165) is 32.5 Å². The fourth-order valence-corrected chi connectivity index (χ4v) is 2.25. The molecular formula is C14H26N2O2. The third-order valence-corrected chi connectivity index (χ3v) is 3.34. The van der Waals surface area contributed by atoms with Gasteiger partial charge >= 0.3 is 0 Å². The molecule has 0 radical (unpaired) electrons. The second-order valence-electron chi connectivity index (χ2n) is 6.49. The Morgan fingerprint density at radius 1 is 1.22 bits per heavy atom. The normalized spacial score (nSPS) is 17.7. The van der Waals surface area contributed by atoms with Crippen molar-refractivity contribution >= 4 is 11.8 Å². The number of hydrogen-bond acceptors (Lipinski definition) is 2. The van der Waals surface area contributed by atoms with Crippen LogP contribution in [-0.4, -0.2) is 36.3 Å². The number of carbonyl (C=O) groups is 2. The third kappa shape index (κ3) is 5.52. The van der Waals surface area contributed by atoms with Gasteiger partial charge in [0.25, 0.3) is 0 Å². The van der Waals surface area contributed by atoms with Gasteiger partial charge in [-0.1, -0.05) is 20.8 Å². The molecule has 0 aromatic heterocycles. The first-order valence-corrected chi connectivity index (χ1v) is 6.80. The van der Waals surface area contributed by atoms with E-state index in [1.165, 1.54) is 0 Å². The molecule has 4 heteroatoms. The van der Waals surface area contributed by atoms with Crippen molar-refractivity contribution in [2.45, 2.75) is 47.0 Å². The van der Waals surface area contributed by atoms with Crippen molar-refractivity contribution in [3.05, 3.63) is 0 Å². The van der Waals surface area contributed by atoms with Crippen molar-refractivity contribution in [1.82, 2.24) is 10.2 Å². The van der Waals surface area contributed by atoms with E-state index >= 15 is 0 Å². The van der Waals surface area contributed by atoms with Gasteiger partial charge < -0.3 is 10.2 Å². The Balaban J connectivity index is 2.22. The molecule has 0 atom stereocenters. The molecule has 0 saturated carbocycles. The zero-order valence-electron chi connectivity index (χ0n) is 12.1. The highest BCUT2D eigenvalue weighted by atomic mass is 16.2. The molecule has 1 fully saturated rings. The van der Waals surface area contributed by atoms with E-state index in [1.807, 2.05) is 4.90 Å². The van der Waals surface area contributed by atoms with Gasteiger partial charge in [-0.05, 0) is 24.2 Å². The van der Waals surface area contributed by atoms with Gasteiger partial charge in [-0.25, -0.2) is 0 Å². The maximum absolute atomic E-state index is 11.7. The summed E-state index contributed by atoms with van der Waals surface area (Å²) in [4.78, 5) is 24.8. The lowest BCUT2D eigenvalue weighted by molar-refractivity contribution is -0.130. The van der Waals surface area contributed by atoms with Crippen molar-refractivity contribution in [3.8, 4) is 0 Å². The van der Waals surface area contributed by atoms with E-state index in [0.29, 0.717) is 12.3 Å². The molecule has 1 N–H and O–H groups in total. The van der Waals surface area contributed by atoms with Crippen LogP contribution in [0.5, 0.6) is 0 Å². The summed E-state index contributed by atoms with van der Waals surface area (Å²) in [5.74, 6) is 0.811. The lowest BCUT2D eigenvalue weighted by atomic mass is 9.91. The smallest absolute Gasteiger partial charge is 0.220 e. The zero-order chi connectivity index (χ0) is 13.8. The van der Waals surface area contributed by atoms with E-state index in [1.54, 1.807) is 6.92 Å². The van der Waals surface area contributed by atoms with Gasteiger partial charge in [0.15, 0.2) is 0 Å². The van der Waals surface area contributed by atoms with Gasteiger partial charge in [0.05, 0.1) is 0 Å². The molecule has 1 rings (SSSR count). The Morgan fingerprint density at radius 2 is 1.78 bits per heavy atom. The molecule has 1 aliphatic heterocycles. The fraction of sp³-hybridized carbons (Fsp3) is 0.857. The lowest BCUT2D eigenvalue weighted by Crippen LogP contribution is -2.41. The SMILES string of the molecule is CC(=O)N1CCC(CNC(=O)CC(C)(C)C)CC1. The average molecular weight is 254 g/mol. The molecule has 0 spiro atoms. The van der Waals surface area contributed by atoms with Gasteiger partial charge in [-0.3, -0.25) is 9.59 Å². The largest absolute Gasteiger partial charge is 0.356 e. The molecule has 1 aliphatic rings. The van der Waals surface area contributed by atoms with Crippen LogP contribution in [0.15, 0.2) is 0 Å². The van der Waals surface area contributed by atoms with E-state index in [-0.39, 0.29) is 17.2 Å². The number of rotatable bonds is 3. The quantitative estimate of drug-likeness (QED) is 0.835. The molecule has 0 unspecified atom stereocenters. The maximum Gasteiger partial charge on any atom is 0.220 e. The molecule has 18 heavy (non-hydrogen) atoms. The summed E-state index contributed by atoms with van der Waals surface area (Å²) < 4.78 is 0. The first-order chi connectivity index (χ1) is 8.28. The second kappa shape index (κ2) is 6.21. The Bertz CT molecular complexity index is 299. The van der Waals surface area contributed by atoms with Crippen LogP contribution in [0.25, 0.3) is 0 Å². The van der Waals surface area contributed by atoms with Crippen LogP contribution in [0.2, 0.25) is 0 Å². The molecule has 4 nitrogen and oxygen atoms in total. The van der Waals surface area contributed by atoms with Crippen LogP contribution in [0.1, 0.15) is 47.0 Å². The van der Waals surface area contributed by atoms with Gasteiger partial charge in [0.2, 0.25) is 11.8 Å². The molecule has 1 saturated heterocycles. The summed E-state index contributed by atoms with van der Waals surface area (Å²) in [6.07, 6.45) is 2.56. The van der Waals surface area contributed by atoms with Crippen LogP contribution < -0.4 is 5.32 Å². The van der Waals surface area contributed by atoms with Crippen LogP contribution in [0.3, 0.4) is 0 Å². The highest BCUT2D eigenvalue weighted by Crippen LogP contribution is 2.19. The zero-order valence-corrected chi connectivity index (χ0v) is 12.1. The summed E-state index contributed by atoms with van der Waals surface area (Å²) >= 11 is 0. The highest BCUT2D eigenvalue weighted by molar-refractivity contribution is 5.76. The maximum atomic E-state index is 11.7. The van der Waals surface area contributed by atoms with Gasteiger partial charge in [-0.2, -0.15) is 0 Å². The predicted octanol–water partition coefficient (Wildman–Crippen LogP) is 1.80. The number of likely N-dealkylation sites (tertiary alicyclic amines) is 1. The monoisotopic (exact) mass is 254 g/mol. The molecular weight excluding hydrogens is 228 g/mol. The van der Waals surface area contributed by atoms with Gasteiger partial charge in [-0.15, -0.1) is 0 Å². The van der Waals surface area contributed by atoms with Gasteiger partial charge in [0, 0.05) is 33.0 Å². The molecule has 0 bridgehead atoms. The Morgan fingerprint density at radius 3 is 2.22 bits per heavy atom. The molecule has 0 aliphatic carbocycles. The van der Waals surface area contributed by atoms with Crippen molar-refractivity contribution < 1.29 is 9.59 Å². The van der Waals surface area contributed by atoms with Crippen molar-refractivity contribution in [1.29, 1.82) is 0 Å². The summed E-state index contributed by atoms with van der Waals surface area (Å²) in [5.41, 5.74) is 0.0437. The standard InChI is InChI=1S/C14H26N2O2/c1-11(17)16-7-5-12(6-8-16)10-15-13(18)9-14(2,3)4/h12H,5-10H2,1-4H3,(H,15,18). The van der Waals surface area contributed by atoms with E-state index in [9.17, 15) is 9.59 Å². The van der Waals surface area contributed by atoms with E-state index in [4.69, 9.17) is 0 Å². The topological polar surface area (TPSA) is 49.4 Å². The summed E-state index contributed by atoms with van der Waals surface area (Å²) in [5, 5.41) is 3.01. The lowest BCUT2D eigenvalue weighted by Gasteiger charge is -2.31. The first kappa shape index (κ1) is 15.0. The minimum absolute atomic E-state index is 0.0437. The van der Waals surface area contributed by atoms with Crippen LogP contribution >= 0.6 is 0 Å². The fourth-order valence-electron chi connectivity index (χ4n) is 2.25. The van der Waals surface area contributed by atoms with Gasteiger partial charge in [0.1, 0.15) is 0 Å². The number of carbonyl (C=O) groups excluding carboxylic acids is 2. The van der Waals surface area contributed by atoms with Crippen LogP contribution in [0.4, 0.5) is 0 Å². The molecule has 0 aromatic rings. The van der Waals surface area contributed by atoms with E-state index in [2.05, 4.69) is 26.1 Å². The van der Waals surface area contributed by atoms with Crippen molar-refractivity contribution in [2.24, 2.45) is 11.3 Å². The van der Waals surface area contributed by atoms with Crippen molar-refractivity contribution in [3.63, 3.8) is 0 Å². The Hall–Kier alpha value is -1.06. The number of nitrogens with one attached hydrogen (secondary N) is 1. The summed E-state index contributed by atoms with van der Waals surface area (Å²) in [7, 11) is 0. The molecule has 0 aromatic carbocycles. The second-order valence-corrected chi connectivity index (χ2v) is 6.49. The van der Waals surface area contributed by atoms with Crippen molar-refractivity contribution in [2.75, 3.05) is 19.6 Å². The molecule has 1 heterocycles. The van der Waals surface area contributed by atoms with Crippen LogP contribution in [-0.2, 0) is 9.59 Å². The minimum atomic E-state index is 0.0437. The Labute approximate surface area is 110 Å². The van der Waals surface area contributed by atoms with E-state index < -0.39 is 0 Å². The number of piperidine rings is 1. The Kier molecular flexibility index (Phi) is 5.17. The summed E-state index contributed by atoms with van der Waals surface area (Å²) in [6, 6.07) is 0. The third-order valence-electron chi connectivity index (χ3n) is 3.34. The predicted molar refractivity (Wildman–Crippen MR) is 72.1 cm³/mol. The van der Waals surface area contributed by atoms with Crippen LogP contribution in [0, 0.1) is 11.3 Å². The molecule has 2 amide bonds. The molecule has 104 valence electrons. The average Bonchev–Trinajstić information content (AvgIpc) is 2.24.